The van der Waals surface area contributed by atoms with Gasteiger partial charge in [-0.3, -0.25) is 0 Å². The lowest BCUT2D eigenvalue weighted by molar-refractivity contribution is -0.0396. The Labute approximate surface area is 178 Å². The molecular weight excluding hydrogens is 340 g/mol. The maximum absolute atomic E-state index is 10.3. The average molecular weight is 395 g/mol. The van der Waals surface area contributed by atoms with Gasteiger partial charge in [0, 0.05) is 6.61 Å². The second kappa shape index (κ2) is 10.8. The molecule has 0 aromatic heterocycles. The summed E-state index contributed by atoms with van der Waals surface area (Å²) < 4.78 is 0. The number of rotatable bonds is 12. The number of aliphatic hydroxyl groups is 1. The van der Waals surface area contributed by atoms with Gasteiger partial charge < -0.3 is 5.11 Å². The van der Waals surface area contributed by atoms with Crippen molar-refractivity contribution in [1.29, 1.82) is 0 Å². The summed E-state index contributed by atoms with van der Waals surface area (Å²) in [5.74, 6) is 2.75. The summed E-state index contributed by atoms with van der Waals surface area (Å²) in [5, 5.41) is 10.3. The summed E-state index contributed by atoms with van der Waals surface area (Å²) in [5.41, 5.74) is 0.893. The summed E-state index contributed by atoms with van der Waals surface area (Å²) in [6.07, 6.45) is 13.4. The number of hydrogen-bond donors (Lipinski definition) is 1. The van der Waals surface area contributed by atoms with Crippen molar-refractivity contribution in [3.63, 3.8) is 0 Å². The molecule has 0 radical (unpaired) electrons. The van der Waals surface area contributed by atoms with Crippen molar-refractivity contribution in [2.45, 2.75) is 127 Å². The van der Waals surface area contributed by atoms with Crippen LogP contribution in [-0.4, -0.2) is 11.7 Å². The molecule has 1 aliphatic rings. The second-order valence-corrected chi connectivity index (χ2v) is 12.7. The molecular formula is C27H54O. The first-order valence-corrected chi connectivity index (χ1v) is 12.4. The third-order valence-electron chi connectivity index (χ3n) is 8.65. The van der Waals surface area contributed by atoms with Crippen LogP contribution >= 0.6 is 0 Å². The first-order chi connectivity index (χ1) is 12.8. The Morgan fingerprint density at radius 1 is 0.821 bits per heavy atom. The lowest BCUT2D eigenvalue weighted by Crippen LogP contribution is -2.44. The largest absolute Gasteiger partial charge is 0.396 e. The maximum atomic E-state index is 10.3. The fourth-order valence-corrected chi connectivity index (χ4v) is 5.76. The van der Waals surface area contributed by atoms with Crippen LogP contribution in [0.1, 0.15) is 127 Å². The molecule has 1 heteroatoms. The van der Waals surface area contributed by atoms with Gasteiger partial charge in [0.15, 0.2) is 0 Å². The Bertz CT molecular complexity index is 426. The molecule has 168 valence electrons. The molecule has 0 bridgehead atoms. The highest BCUT2D eigenvalue weighted by molar-refractivity contribution is 4.94. The van der Waals surface area contributed by atoms with Gasteiger partial charge in [-0.05, 0) is 59.2 Å². The normalized spacial score (nSPS) is 19.8. The lowest BCUT2D eigenvalue weighted by atomic mass is 9.55. The highest BCUT2D eigenvalue weighted by Gasteiger charge is 2.45. The minimum absolute atomic E-state index is 0.177. The van der Waals surface area contributed by atoms with Crippen LogP contribution in [0.4, 0.5) is 0 Å². The van der Waals surface area contributed by atoms with Gasteiger partial charge in [-0.2, -0.15) is 0 Å². The van der Waals surface area contributed by atoms with Crippen molar-refractivity contribution in [3.05, 3.63) is 0 Å². The Kier molecular flexibility index (Phi) is 10.1. The molecule has 28 heavy (non-hydrogen) atoms. The predicted molar refractivity (Wildman–Crippen MR) is 126 cm³/mol. The van der Waals surface area contributed by atoms with E-state index in [1.54, 1.807) is 0 Å². The number of aliphatic hydroxyl groups excluding tert-OH is 1. The molecule has 0 amide bonds. The van der Waals surface area contributed by atoms with E-state index in [2.05, 4.69) is 62.3 Å². The van der Waals surface area contributed by atoms with Crippen LogP contribution in [-0.2, 0) is 0 Å². The molecule has 1 nitrogen and oxygen atoms in total. The van der Waals surface area contributed by atoms with Crippen LogP contribution in [0.5, 0.6) is 0 Å². The van der Waals surface area contributed by atoms with Crippen LogP contribution in [0, 0.1) is 39.9 Å². The monoisotopic (exact) mass is 394 g/mol. The molecule has 1 rings (SSSR count). The van der Waals surface area contributed by atoms with Gasteiger partial charge in [-0.15, -0.1) is 0 Å². The smallest absolute Gasteiger partial charge is 0.0467 e. The van der Waals surface area contributed by atoms with E-state index < -0.39 is 0 Å². The fourth-order valence-electron chi connectivity index (χ4n) is 5.76. The summed E-state index contributed by atoms with van der Waals surface area (Å²) in [6, 6.07) is 0. The summed E-state index contributed by atoms with van der Waals surface area (Å²) in [6.45, 7) is 22.3. The topological polar surface area (TPSA) is 20.2 Å². The SMILES string of the molecule is CC(C)CCC(C)(C)CC(C)CCC(C)(C)C(C)(C)C(CO)C1CCCCC1. The summed E-state index contributed by atoms with van der Waals surface area (Å²) in [7, 11) is 0. The molecule has 0 aromatic carbocycles. The molecule has 0 heterocycles. The van der Waals surface area contributed by atoms with E-state index in [1.807, 2.05) is 0 Å². The predicted octanol–water partition coefficient (Wildman–Crippen LogP) is 8.50. The zero-order valence-corrected chi connectivity index (χ0v) is 21.0. The van der Waals surface area contributed by atoms with Crippen LogP contribution in [0.25, 0.3) is 0 Å². The fraction of sp³-hybridized carbons (Fsp3) is 1.00. The zero-order chi connectivity index (χ0) is 21.6. The number of hydrogen-bond acceptors (Lipinski definition) is 1. The molecule has 0 aromatic rings. The van der Waals surface area contributed by atoms with Crippen molar-refractivity contribution in [2.75, 3.05) is 6.61 Å². The van der Waals surface area contributed by atoms with Crippen LogP contribution in [0.2, 0.25) is 0 Å². The van der Waals surface area contributed by atoms with E-state index in [0.717, 1.165) is 17.8 Å². The molecule has 0 aliphatic heterocycles. The van der Waals surface area contributed by atoms with E-state index in [1.165, 1.54) is 64.2 Å². The van der Waals surface area contributed by atoms with Crippen molar-refractivity contribution in [1.82, 2.24) is 0 Å². The Hall–Kier alpha value is -0.0400. The molecule has 1 N–H and O–H groups in total. The van der Waals surface area contributed by atoms with Crippen LogP contribution in [0.15, 0.2) is 0 Å². The molecule has 1 aliphatic carbocycles. The molecule has 0 spiro atoms. The van der Waals surface area contributed by atoms with Crippen LogP contribution < -0.4 is 0 Å². The average Bonchev–Trinajstić information content (AvgIpc) is 2.59. The van der Waals surface area contributed by atoms with Gasteiger partial charge in [0.25, 0.3) is 0 Å². The van der Waals surface area contributed by atoms with E-state index in [-0.39, 0.29) is 10.8 Å². The van der Waals surface area contributed by atoms with Gasteiger partial charge in [-0.25, -0.2) is 0 Å². The van der Waals surface area contributed by atoms with Gasteiger partial charge in [0.2, 0.25) is 0 Å². The third-order valence-corrected chi connectivity index (χ3v) is 8.65. The third kappa shape index (κ3) is 7.66. The summed E-state index contributed by atoms with van der Waals surface area (Å²) in [4.78, 5) is 0. The Morgan fingerprint density at radius 2 is 1.39 bits per heavy atom. The molecule has 0 saturated heterocycles. The van der Waals surface area contributed by atoms with Crippen molar-refractivity contribution in [2.24, 2.45) is 39.9 Å². The van der Waals surface area contributed by atoms with E-state index in [4.69, 9.17) is 0 Å². The minimum Gasteiger partial charge on any atom is -0.396 e. The molecule has 1 fully saturated rings. The Morgan fingerprint density at radius 3 is 1.89 bits per heavy atom. The molecule has 2 atom stereocenters. The van der Waals surface area contributed by atoms with Crippen molar-refractivity contribution < 1.29 is 5.11 Å². The highest BCUT2D eigenvalue weighted by atomic mass is 16.3. The molecule has 1 saturated carbocycles. The first-order valence-electron chi connectivity index (χ1n) is 12.4. The van der Waals surface area contributed by atoms with Gasteiger partial charge in [0.1, 0.15) is 0 Å². The van der Waals surface area contributed by atoms with Gasteiger partial charge >= 0.3 is 0 Å². The van der Waals surface area contributed by atoms with Gasteiger partial charge in [0.05, 0.1) is 0 Å². The van der Waals surface area contributed by atoms with Crippen molar-refractivity contribution in [3.8, 4) is 0 Å². The van der Waals surface area contributed by atoms with Crippen LogP contribution in [0.3, 0.4) is 0 Å². The van der Waals surface area contributed by atoms with E-state index in [9.17, 15) is 5.11 Å². The van der Waals surface area contributed by atoms with Crippen molar-refractivity contribution >= 4 is 0 Å². The maximum Gasteiger partial charge on any atom is 0.0467 e. The molecule has 2 unspecified atom stereocenters. The summed E-state index contributed by atoms with van der Waals surface area (Å²) >= 11 is 0. The lowest BCUT2D eigenvalue weighted by Gasteiger charge is -2.50. The first kappa shape index (κ1) is 26.0. The second-order valence-electron chi connectivity index (χ2n) is 12.7. The Balaban J connectivity index is 2.66. The highest BCUT2D eigenvalue weighted by Crippen LogP contribution is 2.52. The quantitative estimate of drug-likeness (QED) is 0.352. The van der Waals surface area contributed by atoms with Gasteiger partial charge in [-0.1, -0.05) is 107 Å². The standard InChI is InChI=1S/C27H54O/c1-21(2)15-17-25(4,5)19-22(3)16-18-26(6,7)27(8,9)24(20-28)23-13-11-10-12-14-23/h21-24,28H,10-20H2,1-9H3. The van der Waals surface area contributed by atoms with E-state index >= 15 is 0 Å². The zero-order valence-electron chi connectivity index (χ0n) is 21.0. The van der Waals surface area contributed by atoms with E-state index in [0.29, 0.717) is 17.9 Å². The minimum atomic E-state index is 0.177.